The molecule has 0 radical (unpaired) electrons. The van der Waals surface area contributed by atoms with Crippen LogP contribution in [0.15, 0.2) is 36.5 Å². The lowest BCUT2D eigenvalue weighted by molar-refractivity contribution is 0.466. The molecule has 0 bridgehead atoms. The minimum Gasteiger partial charge on any atom is -0.437 e. The van der Waals surface area contributed by atoms with E-state index in [9.17, 15) is 4.39 Å². The Morgan fingerprint density at radius 2 is 1.80 bits per heavy atom. The molecule has 0 atom stereocenters. The summed E-state index contributed by atoms with van der Waals surface area (Å²) in [6.45, 7) is 4.06. The van der Waals surface area contributed by atoms with Gasteiger partial charge in [0.2, 0.25) is 5.88 Å². The predicted octanol–water partition coefficient (Wildman–Crippen LogP) is 4.53. The molecule has 3 nitrogen and oxygen atoms in total. The van der Waals surface area contributed by atoms with Crippen molar-refractivity contribution < 1.29 is 9.13 Å². The first-order valence-corrected chi connectivity index (χ1v) is 6.02. The van der Waals surface area contributed by atoms with E-state index in [0.717, 1.165) is 16.6 Å². The van der Waals surface area contributed by atoms with E-state index in [1.165, 1.54) is 17.7 Å². The number of halogens is 2. The molecule has 0 saturated heterocycles. The summed E-state index contributed by atoms with van der Waals surface area (Å²) >= 11 is 0. The molecule has 0 fully saturated rings. The summed E-state index contributed by atoms with van der Waals surface area (Å²) in [7, 11) is 0. The first-order valence-electron chi connectivity index (χ1n) is 6.02. The van der Waals surface area contributed by atoms with Crippen LogP contribution >= 0.6 is 12.4 Å². The average Bonchev–Trinajstić information content (AvgIpc) is 2.70. The number of fused-ring (bicyclic) bond motifs is 1. The fourth-order valence-corrected chi connectivity index (χ4v) is 2.05. The summed E-state index contributed by atoms with van der Waals surface area (Å²) in [5.41, 5.74) is 3.13. The zero-order chi connectivity index (χ0) is 13.4. The van der Waals surface area contributed by atoms with E-state index in [4.69, 9.17) is 4.74 Å². The van der Waals surface area contributed by atoms with Crippen LogP contribution in [0, 0.1) is 19.7 Å². The summed E-state index contributed by atoms with van der Waals surface area (Å²) in [4.78, 5) is 7.50. The average molecular weight is 293 g/mol. The molecular formula is C15H14ClFN2O. The van der Waals surface area contributed by atoms with E-state index in [1.54, 1.807) is 18.3 Å². The number of H-pyrrole nitrogens is 1. The van der Waals surface area contributed by atoms with Crippen LogP contribution in [0.1, 0.15) is 11.3 Å². The number of aryl methyl sites for hydroxylation is 2. The van der Waals surface area contributed by atoms with Crippen molar-refractivity contribution >= 4 is 23.3 Å². The van der Waals surface area contributed by atoms with Gasteiger partial charge in [0.05, 0.1) is 0 Å². The third-order valence-electron chi connectivity index (χ3n) is 3.22. The maximum absolute atomic E-state index is 12.9. The Kier molecular flexibility index (Phi) is 3.95. The molecule has 2 aromatic heterocycles. The smallest absolute Gasteiger partial charge is 0.243 e. The molecule has 0 amide bonds. The maximum atomic E-state index is 12.9. The van der Waals surface area contributed by atoms with Gasteiger partial charge in [-0.05, 0) is 49.7 Å². The highest BCUT2D eigenvalue weighted by atomic mass is 35.5. The van der Waals surface area contributed by atoms with Crippen molar-refractivity contribution in [2.75, 3.05) is 0 Å². The monoisotopic (exact) mass is 292 g/mol. The summed E-state index contributed by atoms with van der Waals surface area (Å²) in [6, 6.07) is 7.84. The van der Waals surface area contributed by atoms with Gasteiger partial charge in [0.25, 0.3) is 0 Å². The van der Waals surface area contributed by atoms with Gasteiger partial charge in [-0.3, -0.25) is 0 Å². The number of hydrogen-bond acceptors (Lipinski definition) is 2. The lowest BCUT2D eigenvalue weighted by atomic mass is 10.2. The summed E-state index contributed by atoms with van der Waals surface area (Å²) in [6.07, 6.45) is 1.71. The molecule has 3 aromatic rings. The second-order valence-electron chi connectivity index (χ2n) is 4.47. The number of hydrogen-bond donors (Lipinski definition) is 1. The third kappa shape index (κ3) is 2.47. The first-order chi connectivity index (χ1) is 9.15. The number of aromatic amines is 1. The molecule has 104 valence electrons. The van der Waals surface area contributed by atoms with Gasteiger partial charge >= 0.3 is 0 Å². The molecule has 5 heteroatoms. The second kappa shape index (κ2) is 5.51. The summed E-state index contributed by atoms with van der Waals surface area (Å²) in [5, 5.41) is 1.09. The van der Waals surface area contributed by atoms with Gasteiger partial charge in [-0.25, -0.2) is 9.37 Å². The number of nitrogens with one attached hydrogen (secondary N) is 1. The summed E-state index contributed by atoms with van der Waals surface area (Å²) in [5.74, 6) is 0.775. The number of nitrogens with zero attached hydrogens (tertiary/aromatic N) is 1. The van der Waals surface area contributed by atoms with Crippen LogP contribution in [0.25, 0.3) is 10.9 Å². The van der Waals surface area contributed by atoms with Crippen molar-refractivity contribution in [3.8, 4) is 11.6 Å². The normalized spacial score (nSPS) is 10.3. The number of benzene rings is 1. The molecule has 0 spiro atoms. The quantitative estimate of drug-likeness (QED) is 0.753. The van der Waals surface area contributed by atoms with Gasteiger partial charge in [-0.2, -0.15) is 0 Å². The van der Waals surface area contributed by atoms with Crippen LogP contribution in [0.3, 0.4) is 0 Å². The van der Waals surface area contributed by atoms with Gasteiger partial charge in [-0.1, -0.05) is 0 Å². The maximum Gasteiger partial charge on any atom is 0.243 e. The Bertz CT molecular complexity index is 737. The number of ether oxygens (including phenoxy) is 1. The molecule has 20 heavy (non-hydrogen) atoms. The van der Waals surface area contributed by atoms with Crippen molar-refractivity contribution in [1.29, 1.82) is 0 Å². The van der Waals surface area contributed by atoms with Gasteiger partial charge in [0, 0.05) is 17.3 Å². The lowest BCUT2D eigenvalue weighted by Gasteiger charge is -2.05. The van der Waals surface area contributed by atoms with E-state index in [-0.39, 0.29) is 18.2 Å². The summed E-state index contributed by atoms with van der Waals surface area (Å²) < 4.78 is 18.6. The van der Waals surface area contributed by atoms with E-state index in [1.807, 2.05) is 13.0 Å². The molecule has 1 N–H and O–H groups in total. The topological polar surface area (TPSA) is 37.9 Å². The van der Waals surface area contributed by atoms with Gasteiger partial charge in [0.1, 0.15) is 17.1 Å². The molecule has 0 aliphatic heterocycles. The van der Waals surface area contributed by atoms with Crippen molar-refractivity contribution in [1.82, 2.24) is 9.97 Å². The van der Waals surface area contributed by atoms with Crippen molar-refractivity contribution in [2.24, 2.45) is 0 Å². The Labute approximate surface area is 122 Å². The lowest BCUT2D eigenvalue weighted by Crippen LogP contribution is -1.89. The minimum absolute atomic E-state index is 0. The molecule has 0 aliphatic carbocycles. The largest absolute Gasteiger partial charge is 0.437 e. The van der Waals surface area contributed by atoms with E-state index >= 15 is 0 Å². The van der Waals surface area contributed by atoms with Crippen molar-refractivity contribution in [3.05, 3.63) is 53.6 Å². The fraction of sp³-hybridized carbons (Fsp3) is 0.133. The highest BCUT2D eigenvalue weighted by Crippen LogP contribution is 2.30. The molecule has 0 saturated carbocycles. The van der Waals surface area contributed by atoms with E-state index in [2.05, 4.69) is 16.9 Å². The Morgan fingerprint density at radius 3 is 2.50 bits per heavy atom. The zero-order valence-corrected chi connectivity index (χ0v) is 11.9. The molecule has 2 heterocycles. The Morgan fingerprint density at radius 1 is 1.10 bits per heavy atom. The number of pyridine rings is 1. The van der Waals surface area contributed by atoms with E-state index < -0.39 is 0 Å². The predicted molar refractivity (Wildman–Crippen MR) is 79.3 cm³/mol. The van der Waals surface area contributed by atoms with Crippen LogP contribution in [0.4, 0.5) is 4.39 Å². The third-order valence-corrected chi connectivity index (χ3v) is 3.22. The van der Waals surface area contributed by atoms with E-state index in [0.29, 0.717) is 11.6 Å². The van der Waals surface area contributed by atoms with Gasteiger partial charge in [-0.15, -0.1) is 12.4 Å². The molecule has 1 aromatic carbocycles. The zero-order valence-electron chi connectivity index (χ0n) is 11.1. The van der Waals surface area contributed by atoms with Gasteiger partial charge in [0.15, 0.2) is 0 Å². The molecular weight excluding hydrogens is 279 g/mol. The SMILES string of the molecule is Cc1[nH]c2c(Oc3ccc(F)cc3)nccc2c1C.Cl. The van der Waals surface area contributed by atoms with Crippen LogP contribution < -0.4 is 4.74 Å². The Hall–Kier alpha value is -2.07. The highest BCUT2D eigenvalue weighted by Gasteiger charge is 2.10. The minimum atomic E-state index is -0.287. The molecule has 0 unspecified atom stereocenters. The van der Waals surface area contributed by atoms with Crippen molar-refractivity contribution in [3.63, 3.8) is 0 Å². The van der Waals surface area contributed by atoms with Crippen LogP contribution in [0.5, 0.6) is 11.6 Å². The Balaban J connectivity index is 0.00000147. The number of rotatable bonds is 2. The standard InChI is InChI=1S/C15H13FN2O.ClH/c1-9-10(2)18-14-13(9)7-8-17-15(14)19-12-5-3-11(16)4-6-12;/h3-8,18H,1-2H3;1H. The van der Waals surface area contributed by atoms with Crippen LogP contribution in [-0.4, -0.2) is 9.97 Å². The highest BCUT2D eigenvalue weighted by molar-refractivity contribution is 5.88. The first kappa shape index (κ1) is 14.3. The fourth-order valence-electron chi connectivity index (χ4n) is 2.05. The van der Waals surface area contributed by atoms with Crippen LogP contribution in [-0.2, 0) is 0 Å². The number of aromatic nitrogens is 2. The van der Waals surface area contributed by atoms with Crippen molar-refractivity contribution in [2.45, 2.75) is 13.8 Å². The molecule has 3 rings (SSSR count). The molecule has 0 aliphatic rings. The van der Waals surface area contributed by atoms with Gasteiger partial charge < -0.3 is 9.72 Å². The second-order valence-corrected chi connectivity index (χ2v) is 4.47. The van der Waals surface area contributed by atoms with Crippen LogP contribution in [0.2, 0.25) is 0 Å².